The Hall–Kier alpha value is -1.76. The van der Waals surface area contributed by atoms with E-state index in [0.29, 0.717) is 16.0 Å². The van der Waals surface area contributed by atoms with Crippen molar-refractivity contribution in [3.63, 3.8) is 0 Å². The molecule has 0 fully saturated rings. The highest BCUT2D eigenvalue weighted by Crippen LogP contribution is 2.35. The van der Waals surface area contributed by atoms with Gasteiger partial charge in [-0.05, 0) is 54.0 Å². The highest BCUT2D eigenvalue weighted by atomic mass is 35.5. The van der Waals surface area contributed by atoms with Gasteiger partial charge in [0.25, 0.3) is 0 Å². The topological polar surface area (TPSA) is 0 Å². The summed E-state index contributed by atoms with van der Waals surface area (Å²) in [6.45, 7) is 4.45. The molecule has 1 unspecified atom stereocenters. The fraction of sp³-hybridized carbons (Fsp3) is 0.217. The number of benzene rings is 3. The van der Waals surface area contributed by atoms with Crippen LogP contribution in [0.3, 0.4) is 0 Å². The van der Waals surface area contributed by atoms with Crippen LogP contribution in [0.4, 0.5) is 0 Å². The molecule has 0 spiro atoms. The quantitative estimate of drug-likeness (QED) is 0.440. The third-order valence-electron chi connectivity index (χ3n) is 4.54. The Labute approximate surface area is 160 Å². The van der Waals surface area contributed by atoms with E-state index in [2.05, 4.69) is 62.4 Å². The van der Waals surface area contributed by atoms with Crippen molar-refractivity contribution >= 4 is 23.2 Å². The van der Waals surface area contributed by atoms with E-state index < -0.39 is 0 Å². The second-order valence-electron chi connectivity index (χ2n) is 6.75. The molecule has 25 heavy (non-hydrogen) atoms. The van der Waals surface area contributed by atoms with E-state index in [4.69, 9.17) is 23.2 Å². The predicted octanol–water partition coefficient (Wildman–Crippen LogP) is 7.39. The van der Waals surface area contributed by atoms with Crippen LogP contribution < -0.4 is 0 Å². The summed E-state index contributed by atoms with van der Waals surface area (Å²) in [5.74, 6) is 0.599. The van der Waals surface area contributed by atoms with E-state index >= 15 is 0 Å². The maximum absolute atomic E-state index is 6.38. The SMILES string of the molecule is Cc1cc(CC(C)Cc2ccccc2)ccc1-c1cccc(Cl)c1Cl. The summed E-state index contributed by atoms with van der Waals surface area (Å²) >= 11 is 12.5. The molecule has 0 N–H and O–H groups in total. The van der Waals surface area contributed by atoms with Crippen LogP contribution in [0.5, 0.6) is 0 Å². The molecule has 0 bridgehead atoms. The average molecular weight is 369 g/mol. The standard InChI is InChI=1S/C23H22Cl2/c1-16(13-18-7-4-3-5-8-18)14-19-11-12-20(17(2)15-19)21-9-6-10-22(24)23(21)25/h3-12,15-16H,13-14H2,1-2H3. The van der Waals surface area contributed by atoms with E-state index in [1.807, 2.05) is 18.2 Å². The van der Waals surface area contributed by atoms with E-state index in [-0.39, 0.29) is 0 Å². The van der Waals surface area contributed by atoms with Gasteiger partial charge in [0, 0.05) is 5.56 Å². The van der Waals surface area contributed by atoms with E-state index in [0.717, 1.165) is 24.0 Å². The number of rotatable bonds is 5. The third kappa shape index (κ3) is 4.45. The van der Waals surface area contributed by atoms with Crippen molar-refractivity contribution in [2.75, 3.05) is 0 Å². The molecule has 0 aliphatic carbocycles. The van der Waals surface area contributed by atoms with Gasteiger partial charge < -0.3 is 0 Å². The average Bonchev–Trinajstić information content (AvgIpc) is 2.59. The molecule has 1 atom stereocenters. The number of halogens is 2. The summed E-state index contributed by atoms with van der Waals surface area (Å²) in [4.78, 5) is 0. The zero-order valence-electron chi connectivity index (χ0n) is 14.6. The predicted molar refractivity (Wildman–Crippen MR) is 110 cm³/mol. The number of hydrogen-bond donors (Lipinski definition) is 0. The monoisotopic (exact) mass is 368 g/mol. The van der Waals surface area contributed by atoms with Crippen molar-refractivity contribution in [3.05, 3.63) is 93.5 Å². The Morgan fingerprint density at radius 3 is 2.20 bits per heavy atom. The van der Waals surface area contributed by atoms with Crippen LogP contribution in [0.25, 0.3) is 11.1 Å². The van der Waals surface area contributed by atoms with Crippen LogP contribution >= 0.6 is 23.2 Å². The Morgan fingerprint density at radius 1 is 0.760 bits per heavy atom. The van der Waals surface area contributed by atoms with Crippen molar-refractivity contribution in [2.45, 2.75) is 26.7 Å². The Morgan fingerprint density at radius 2 is 1.48 bits per heavy atom. The molecule has 0 heterocycles. The van der Waals surface area contributed by atoms with Crippen LogP contribution in [0.15, 0.2) is 66.7 Å². The lowest BCUT2D eigenvalue weighted by molar-refractivity contribution is 0.577. The van der Waals surface area contributed by atoms with Gasteiger partial charge in [0.05, 0.1) is 10.0 Å². The van der Waals surface area contributed by atoms with E-state index in [1.54, 1.807) is 0 Å². The summed E-state index contributed by atoms with van der Waals surface area (Å²) in [5, 5.41) is 1.22. The van der Waals surface area contributed by atoms with Gasteiger partial charge in [-0.1, -0.05) is 90.8 Å². The molecule has 0 saturated heterocycles. The minimum atomic E-state index is 0.596. The zero-order chi connectivity index (χ0) is 17.8. The van der Waals surface area contributed by atoms with Crippen molar-refractivity contribution < 1.29 is 0 Å². The molecular formula is C23H22Cl2. The van der Waals surface area contributed by atoms with Crippen LogP contribution in [0.2, 0.25) is 10.0 Å². The summed E-state index contributed by atoms with van der Waals surface area (Å²) < 4.78 is 0. The molecule has 3 rings (SSSR count). The van der Waals surface area contributed by atoms with Crippen molar-refractivity contribution in [1.29, 1.82) is 0 Å². The summed E-state index contributed by atoms with van der Waals surface area (Å²) in [6, 6.07) is 23.1. The van der Waals surface area contributed by atoms with Gasteiger partial charge in [-0.3, -0.25) is 0 Å². The Bertz CT molecular complexity index is 853. The lowest BCUT2D eigenvalue weighted by Crippen LogP contribution is -2.04. The maximum atomic E-state index is 6.38. The smallest absolute Gasteiger partial charge is 0.0670 e. The molecule has 0 aromatic heterocycles. The number of hydrogen-bond acceptors (Lipinski definition) is 0. The molecule has 0 nitrogen and oxygen atoms in total. The van der Waals surface area contributed by atoms with Crippen LogP contribution in [0.1, 0.15) is 23.6 Å². The lowest BCUT2D eigenvalue weighted by atomic mass is 9.91. The van der Waals surface area contributed by atoms with Gasteiger partial charge >= 0.3 is 0 Å². The first-order valence-corrected chi connectivity index (χ1v) is 9.38. The first-order valence-electron chi connectivity index (χ1n) is 8.62. The molecule has 3 aromatic rings. The van der Waals surface area contributed by atoms with E-state index in [9.17, 15) is 0 Å². The van der Waals surface area contributed by atoms with Gasteiger partial charge in [-0.15, -0.1) is 0 Å². The van der Waals surface area contributed by atoms with Gasteiger partial charge in [0.15, 0.2) is 0 Å². The van der Waals surface area contributed by atoms with Crippen LogP contribution in [-0.2, 0) is 12.8 Å². The van der Waals surface area contributed by atoms with Gasteiger partial charge in [0.1, 0.15) is 0 Å². The summed E-state index contributed by atoms with van der Waals surface area (Å²) in [6.07, 6.45) is 2.17. The molecule has 0 radical (unpaired) electrons. The minimum absolute atomic E-state index is 0.596. The first-order chi connectivity index (χ1) is 12.0. The molecule has 0 saturated carbocycles. The Balaban J connectivity index is 1.77. The molecule has 0 aliphatic rings. The minimum Gasteiger partial charge on any atom is -0.0827 e. The van der Waals surface area contributed by atoms with Gasteiger partial charge in [-0.2, -0.15) is 0 Å². The van der Waals surface area contributed by atoms with Crippen molar-refractivity contribution in [3.8, 4) is 11.1 Å². The zero-order valence-corrected chi connectivity index (χ0v) is 16.1. The molecule has 0 amide bonds. The molecule has 128 valence electrons. The van der Waals surface area contributed by atoms with Crippen molar-refractivity contribution in [2.24, 2.45) is 5.92 Å². The second-order valence-corrected chi connectivity index (χ2v) is 7.53. The van der Waals surface area contributed by atoms with E-state index in [1.165, 1.54) is 16.7 Å². The van der Waals surface area contributed by atoms with Gasteiger partial charge in [-0.25, -0.2) is 0 Å². The molecule has 2 heteroatoms. The van der Waals surface area contributed by atoms with Crippen LogP contribution in [-0.4, -0.2) is 0 Å². The first kappa shape index (κ1) is 18.0. The maximum Gasteiger partial charge on any atom is 0.0670 e. The third-order valence-corrected chi connectivity index (χ3v) is 5.36. The Kier molecular flexibility index (Phi) is 5.83. The summed E-state index contributed by atoms with van der Waals surface area (Å²) in [7, 11) is 0. The molecule has 3 aromatic carbocycles. The largest absolute Gasteiger partial charge is 0.0827 e. The fourth-order valence-electron chi connectivity index (χ4n) is 3.36. The molecular weight excluding hydrogens is 347 g/mol. The highest BCUT2D eigenvalue weighted by Gasteiger charge is 2.11. The number of aryl methyl sites for hydroxylation is 1. The highest BCUT2D eigenvalue weighted by molar-refractivity contribution is 6.43. The summed E-state index contributed by atoms with van der Waals surface area (Å²) in [5.41, 5.74) is 6.13. The van der Waals surface area contributed by atoms with Crippen molar-refractivity contribution in [1.82, 2.24) is 0 Å². The molecule has 0 aliphatic heterocycles. The van der Waals surface area contributed by atoms with Crippen LogP contribution in [0, 0.1) is 12.8 Å². The fourth-order valence-corrected chi connectivity index (χ4v) is 3.76. The lowest BCUT2D eigenvalue weighted by Gasteiger charge is -2.14. The van der Waals surface area contributed by atoms with Gasteiger partial charge in [0.2, 0.25) is 0 Å². The second kappa shape index (κ2) is 8.08. The normalized spacial score (nSPS) is 12.2.